The molecule has 0 bridgehead atoms. The molecule has 0 saturated heterocycles. The lowest BCUT2D eigenvalue weighted by atomic mass is 10.0. The number of carbonyl (C=O) groups is 3. The van der Waals surface area contributed by atoms with Crippen LogP contribution in [0.15, 0.2) is 48.4 Å². The molecule has 3 rings (SSSR count). The summed E-state index contributed by atoms with van der Waals surface area (Å²) >= 11 is 0. The van der Waals surface area contributed by atoms with Crippen LogP contribution in [0.1, 0.15) is 46.3 Å². The third kappa shape index (κ3) is 3.99. The Labute approximate surface area is 186 Å². The third-order valence-electron chi connectivity index (χ3n) is 3.85. The number of hydrogen-bond donors (Lipinski definition) is 1. The van der Waals surface area contributed by atoms with Gasteiger partial charge in [0, 0.05) is 16.3 Å². The summed E-state index contributed by atoms with van der Waals surface area (Å²) in [5.41, 5.74) is 2.56. The summed E-state index contributed by atoms with van der Waals surface area (Å²) in [4.78, 5) is 37.2. The normalized spacial score (nSPS) is 18.6. The Balaban J connectivity index is 2.47. The molecule has 2 N–H and O–H groups in total. The fraction of sp³-hybridized carbons (Fsp3) is 0.227. The average Bonchev–Trinajstić information content (AvgIpc) is 3.16. The highest BCUT2D eigenvalue weighted by Crippen LogP contribution is 2.35. The van der Waals surface area contributed by atoms with Gasteiger partial charge in [0.15, 0.2) is 6.61 Å². The number of fused-ring (bicyclic) bond motifs is 1. The molecule has 0 aliphatic carbocycles. The number of ketones is 1. The van der Waals surface area contributed by atoms with Crippen molar-refractivity contribution in [2.24, 2.45) is 5.73 Å². The van der Waals surface area contributed by atoms with Gasteiger partial charge < -0.3 is 19.8 Å². The molecule has 0 saturated carbocycles. The zero-order valence-corrected chi connectivity index (χ0v) is 14.7. The summed E-state index contributed by atoms with van der Waals surface area (Å²) < 4.78 is 113. The van der Waals surface area contributed by atoms with E-state index in [1.807, 2.05) is 0 Å². The molecule has 0 radical (unpaired) electrons. The molecule has 0 fully saturated rings. The number of nitrogens with zero attached hydrogens (tertiary/aromatic N) is 1. The minimum absolute atomic E-state index is 0.350. The van der Waals surface area contributed by atoms with Crippen LogP contribution in [0.3, 0.4) is 0 Å². The topological polar surface area (TPSA) is 101 Å². The third-order valence-corrected chi connectivity index (χ3v) is 3.85. The first-order valence-corrected chi connectivity index (χ1v) is 8.03. The van der Waals surface area contributed by atoms with E-state index >= 15 is 0 Å². The number of esters is 1. The van der Waals surface area contributed by atoms with Crippen LogP contribution >= 0.6 is 0 Å². The number of aromatic nitrogens is 1. The molecule has 0 atom stereocenters. The van der Waals surface area contributed by atoms with E-state index in [1.54, 1.807) is 0 Å². The van der Waals surface area contributed by atoms with Gasteiger partial charge in [-0.3, -0.25) is 9.59 Å². The van der Waals surface area contributed by atoms with Gasteiger partial charge in [-0.2, -0.15) is 0 Å². The summed E-state index contributed by atoms with van der Waals surface area (Å²) in [6, 6.07) is -1.01. The van der Waals surface area contributed by atoms with E-state index in [4.69, 9.17) is 28.3 Å². The van der Waals surface area contributed by atoms with E-state index in [1.165, 1.54) is 6.07 Å². The number of nitrogens with two attached hydrogens (primary N) is 1. The summed E-state index contributed by atoms with van der Waals surface area (Å²) in [6.45, 7) is -7.13. The second-order valence-electron chi connectivity index (χ2n) is 5.55. The summed E-state index contributed by atoms with van der Waals surface area (Å²) in [6.07, 6.45) is -1.07. The van der Waals surface area contributed by atoms with Crippen molar-refractivity contribution in [2.75, 3.05) is 13.6 Å². The van der Waals surface area contributed by atoms with Crippen LogP contribution in [0.5, 0.6) is 5.75 Å². The predicted molar refractivity (Wildman–Crippen MR) is 108 cm³/mol. The van der Waals surface area contributed by atoms with Gasteiger partial charge in [0.2, 0.25) is 0 Å². The Morgan fingerprint density at radius 3 is 2.72 bits per heavy atom. The molecular weight excluding hydrogens is 372 g/mol. The lowest BCUT2D eigenvalue weighted by molar-refractivity contribution is -0.142. The first kappa shape index (κ1) is 9.26. The van der Waals surface area contributed by atoms with Crippen LogP contribution in [-0.4, -0.2) is 35.9 Å². The summed E-state index contributed by atoms with van der Waals surface area (Å²) in [5.74, 6) is -4.86. The molecule has 0 aliphatic heterocycles. The number of ether oxygens (including phenoxy) is 2. The molecule has 2 aromatic carbocycles. The highest BCUT2D eigenvalue weighted by Gasteiger charge is 2.27. The van der Waals surface area contributed by atoms with Crippen molar-refractivity contribution in [2.45, 2.75) is 19.8 Å². The average molecular weight is 408 g/mol. The number of primary amides is 1. The maximum Gasteiger partial charge on any atom is 0.343 e. The fourth-order valence-electron chi connectivity index (χ4n) is 2.73. The van der Waals surface area contributed by atoms with Gasteiger partial charge in [-0.25, -0.2) is 4.79 Å². The quantitative estimate of drug-likeness (QED) is 0.351. The lowest BCUT2D eigenvalue weighted by Crippen LogP contribution is -2.24. The lowest BCUT2D eigenvalue weighted by Gasteiger charge is -2.11. The van der Waals surface area contributed by atoms with Crippen molar-refractivity contribution < 1.29 is 41.7 Å². The summed E-state index contributed by atoms with van der Waals surface area (Å²) in [7, 11) is -3.12. The Hall–Kier alpha value is -3.61. The monoisotopic (exact) mass is 407 g/mol. The zero-order chi connectivity index (χ0) is 32.1. The van der Waals surface area contributed by atoms with Crippen LogP contribution < -0.4 is 10.5 Å². The van der Waals surface area contributed by atoms with Gasteiger partial charge in [0.25, 0.3) is 11.7 Å². The number of Topliss-reactive ketones (excluding diaryl/α,β-unsaturated/α-hetero) is 1. The van der Waals surface area contributed by atoms with Gasteiger partial charge in [-0.1, -0.05) is 43.1 Å². The van der Waals surface area contributed by atoms with Gasteiger partial charge in [0.05, 0.1) is 37.2 Å². The van der Waals surface area contributed by atoms with Crippen molar-refractivity contribution >= 4 is 28.6 Å². The van der Waals surface area contributed by atoms with Crippen molar-refractivity contribution in [1.82, 2.24) is 4.57 Å². The van der Waals surface area contributed by atoms with Gasteiger partial charge in [-0.15, -0.1) is 0 Å². The molecule has 7 nitrogen and oxygen atoms in total. The number of hydrogen-bond acceptors (Lipinski definition) is 5. The molecule has 1 aromatic heterocycles. The second kappa shape index (κ2) is 8.60. The number of rotatable bonds is 8. The smallest absolute Gasteiger partial charge is 0.343 e. The van der Waals surface area contributed by atoms with Crippen LogP contribution in [0.4, 0.5) is 0 Å². The van der Waals surface area contributed by atoms with Crippen molar-refractivity contribution in [1.29, 1.82) is 0 Å². The van der Waals surface area contributed by atoms with Gasteiger partial charge in [-0.05, 0) is 24.1 Å². The van der Waals surface area contributed by atoms with Crippen molar-refractivity contribution in [3.05, 3.63) is 65.2 Å². The summed E-state index contributed by atoms with van der Waals surface area (Å²) in [5, 5.41) is -0.418. The number of amides is 1. The van der Waals surface area contributed by atoms with Crippen molar-refractivity contribution in [3.8, 4) is 5.75 Å². The molecule has 0 aliphatic rings. The predicted octanol–water partition coefficient (Wildman–Crippen LogP) is 2.47. The molecule has 29 heavy (non-hydrogen) atoms. The van der Waals surface area contributed by atoms with Crippen molar-refractivity contribution in [3.63, 3.8) is 0 Å². The molecule has 0 spiro atoms. The SMILES string of the molecule is [2H]c1c([2H])c([2H])c(C([2H])([2H])n2c(CC([2H])([2H])[2H])c(C(=O)C(N)=O)c3c(OCC(=O)OC([2H])([2H])[2H])cccc32)c([2H])c1[2H]. The zero-order valence-electron chi connectivity index (χ0n) is 27.7. The largest absolute Gasteiger partial charge is 0.481 e. The molecule has 0 unspecified atom stereocenters. The van der Waals surface area contributed by atoms with E-state index in [0.29, 0.717) is 4.57 Å². The number of methoxy groups -OCH3 is 1. The van der Waals surface area contributed by atoms with E-state index in [0.717, 1.165) is 12.1 Å². The minimum Gasteiger partial charge on any atom is -0.481 e. The van der Waals surface area contributed by atoms with E-state index in [-0.39, 0.29) is 5.52 Å². The van der Waals surface area contributed by atoms with Crippen LogP contribution in [0.25, 0.3) is 10.9 Å². The Kier molecular flexibility index (Phi) is 2.75. The van der Waals surface area contributed by atoms with Crippen LogP contribution in [-0.2, 0) is 27.2 Å². The Morgan fingerprint density at radius 2 is 2.03 bits per heavy atom. The Morgan fingerprint density at radius 1 is 1.24 bits per heavy atom. The highest BCUT2D eigenvalue weighted by molar-refractivity contribution is 6.45. The van der Waals surface area contributed by atoms with Crippen LogP contribution in [0, 0.1) is 0 Å². The first-order chi connectivity index (χ1) is 19.1. The fourth-order valence-corrected chi connectivity index (χ4v) is 2.73. The van der Waals surface area contributed by atoms with E-state index < -0.39 is 109 Å². The molecule has 1 amide bonds. The molecule has 7 heteroatoms. The van der Waals surface area contributed by atoms with Crippen LogP contribution in [0.2, 0.25) is 0 Å². The standard InChI is InChI=1S/C22H22N2O5/c1-3-15-20(21(26)22(23)27)19-16(24(15)12-14-8-5-4-6-9-14)10-7-11-17(19)29-13-18(25)28-2/h4-11H,3,12-13H2,1-2H3,(H2,23,27)/i1D3,2D3,4D,5D,6D,8D,9D,12D2. The Bertz CT molecular complexity index is 1580. The molecule has 150 valence electrons. The van der Waals surface area contributed by atoms with Gasteiger partial charge in [0.1, 0.15) is 5.75 Å². The van der Waals surface area contributed by atoms with Gasteiger partial charge >= 0.3 is 5.97 Å². The van der Waals surface area contributed by atoms with E-state index in [9.17, 15) is 14.4 Å². The molecular formula is C22H22N2O5. The maximum atomic E-state index is 13.1. The molecule has 3 aromatic rings. The minimum atomic E-state index is -3.17. The first-order valence-electron chi connectivity index (χ1n) is 14.5. The number of benzene rings is 2. The highest BCUT2D eigenvalue weighted by atomic mass is 16.6. The number of carbonyl (C=O) groups excluding carboxylic acids is 3. The van der Waals surface area contributed by atoms with E-state index in [2.05, 4.69) is 4.74 Å². The molecule has 1 heterocycles. The maximum absolute atomic E-state index is 13.1. The second-order valence-corrected chi connectivity index (χ2v) is 5.55.